The normalized spacial score (nSPS) is 16.8. The highest BCUT2D eigenvalue weighted by Gasteiger charge is 2.28. The van der Waals surface area contributed by atoms with Crippen LogP contribution in [-0.4, -0.2) is 25.1 Å². The molecule has 0 aliphatic carbocycles. The molecule has 0 radical (unpaired) electrons. The van der Waals surface area contributed by atoms with E-state index in [1.165, 1.54) is 0 Å². The van der Waals surface area contributed by atoms with Crippen molar-refractivity contribution in [2.45, 2.75) is 33.5 Å². The summed E-state index contributed by atoms with van der Waals surface area (Å²) in [6.07, 6.45) is 0.228. The van der Waals surface area contributed by atoms with E-state index in [0.29, 0.717) is 12.5 Å². The van der Waals surface area contributed by atoms with E-state index in [4.69, 9.17) is 4.74 Å². The molecule has 1 heterocycles. The van der Waals surface area contributed by atoms with E-state index >= 15 is 0 Å². The molecule has 4 nitrogen and oxygen atoms in total. The number of rotatable bonds is 6. The molecular formula is C16H24N2O2. The Morgan fingerprint density at radius 2 is 1.95 bits per heavy atom. The molecule has 2 N–H and O–H groups in total. The number of anilines is 1. The van der Waals surface area contributed by atoms with E-state index in [9.17, 15) is 4.79 Å². The van der Waals surface area contributed by atoms with Crippen molar-refractivity contribution >= 4 is 11.6 Å². The van der Waals surface area contributed by atoms with Crippen LogP contribution in [0.1, 0.15) is 26.3 Å². The molecule has 1 amide bonds. The number of carbonyl (C=O) groups is 1. The summed E-state index contributed by atoms with van der Waals surface area (Å²) in [5.74, 6) is 0.622. The Hall–Kier alpha value is -1.39. The number of amides is 1. The van der Waals surface area contributed by atoms with Crippen LogP contribution >= 0.6 is 0 Å². The van der Waals surface area contributed by atoms with Gasteiger partial charge in [0.2, 0.25) is 5.91 Å². The maximum absolute atomic E-state index is 12.1. The Morgan fingerprint density at radius 3 is 2.45 bits per heavy atom. The minimum atomic E-state index is 0.0557. The van der Waals surface area contributed by atoms with Gasteiger partial charge in [-0.25, -0.2) is 0 Å². The minimum Gasteiger partial charge on any atom is -0.374 e. The molecule has 1 saturated heterocycles. The van der Waals surface area contributed by atoms with Gasteiger partial charge in [0, 0.05) is 11.6 Å². The molecule has 1 aliphatic rings. The van der Waals surface area contributed by atoms with Crippen LogP contribution in [0, 0.1) is 11.8 Å². The van der Waals surface area contributed by atoms with E-state index in [1.807, 2.05) is 45.0 Å². The fraction of sp³-hybridized carbons (Fsp3) is 0.562. The lowest BCUT2D eigenvalue weighted by atomic mass is 9.88. The Balaban J connectivity index is 1.84. The third-order valence-electron chi connectivity index (χ3n) is 3.74. The van der Waals surface area contributed by atoms with Crippen LogP contribution in [0.5, 0.6) is 0 Å². The lowest BCUT2D eigenvalue weighted by Crippen LogP contribution is -2.48. The van der Waals surface area contributed by atoms with E-state index in [2.05, 4.69) is 10.6 Å². The number of hydrogen-bond donors (Lipinski definition) is 2. The second kappa shape index (κ2) is 6.86. The van der Waals surface area contributed by atoms with Gasteiger partial charge < -0.3 is 15.4 Å². The Labute approximate surface area is 120 Å². The van der Waals surface area contributed by atoms with Crippen LogP contribution in [0.3, 0.4) is 0 Å². The highest BCUT2D eigenvalue weighted by Crippen LogP contribution is 2.18. The number of carbonyl (C=O) groups excluding carboxylic acids is 1. The van der Waals surface area contributed by atoms with Crippen molar-refractivity contribution < 1.29 is 9.53 Å². The van der Waals surface area contributed by atoms with Crippen molar-refractivity contribution in [3.05, 3.63) is 29.8 Å². The third-order valence-corrected chi connectivity index (χ3v) is 3.74. The molecule has 20 heavy (non-hydrogen) atoms. The van der Waals surface area contributed by atoms with E-state index in [1.54, 1.807) is 0 Å². The van der Waals surface area contributed by atoms with Crippen LogP contribution in [0.4, 0.5) is 5.69 Å². The first-order valence-electron chi connectivity index (χ1n) is 7.28. The molecule has 1 unspecified atom stereocenters. The third kappa shape index (κ3) is 4.05. The smallest absolute Gasteiger partial charge is 0.227 e. The molecule has 2 rings (SSSR count). The quantitative estimate of drug-likeness (QED) is 0.839. The highest BCUT2D eigenvalue weighted by molar-refractivity contribution is 5.92. The largest absolute Gasteiger partial charge is 0.374 e. The first kappa shape index (κ1) is 15.0. The maximum atomic E-state index is 12.1. The van der Waals surface area contributed by atoms with Gasteiger partial charge in [0.15, 0.2) is 0 Å². The van der Waals surface area contributed by atoms with Gasteiger partial charge in [-0.05, 0) is 50.6 Å². The van der Waals surface area contributed by atoms with Crippen molar-refractivity contribution in [1.82, 2.24) is 5.32 Å². The molecule has 0 saturated carbocycles. The SMILES string of the molecule is CC(C)OCc1ccc(NC(=O)C(C)C2CNC2)cc1. The molecule has 1 aromatic carbocycles. The molecule has 1 aliphatic heterocycles. The summed E-state index contributed by atoms with van der Waals surface area (Å²) in [6.45, 7) is 8.53. The minimum absolute atomic E-state index is 0.0557. The second-order valence-corrected chi connectivity index (χ2v) is 5.75. The summed E-state index contributed by atoms with van der Waals surface area (Å²) in [6, 6.07) is 7.85. The van der Waals surface area contributed by atoms with Gasteiger partial charge in [0.25, 0.3) is 0 Å². The Morgan fingerprint density at radius 1 is 1.30 bits per heavy atom. The van der Waals surface area contributed by atoms with Crippen LogP contribution in [0.2, 0.25) is 0 Å². The number of nitrogens with one attached hydrogen (secondary N) is 2. The molecule has 4 heteroatoms. The fourth-order valence-electron chi connectivity index (χ4n) is 2.08. The van der Waals surface area contributed by atoms with E-state index < -0.39 is 0 Å². The van der Waals surface area contributed by atoms with Gasteiger partial charge >= 0.3 is 0 Å². The van der Waals surface area contributed by atoms with Crippen molar-refractivity contribution in [2.75, 3.05) is 18.4 Å². The first-order chi connectivity index (χ1) is 9.56. The Kier molecular flexibility index (Phi) is 5.15. The molecule has 0 spiro atoms. The molecule has 0 aromatic heterocycles. The number of hydrogen-bond acceptors (Lipinski definition) is 3. The molecular weight excluding hydrogens is 252 g/mol. The summed E-state index contributed by atoms with van der Waals surface area (Å²) in [5, 5.41) is 6.17. The standard InChI is InChI=1S/C16H24N2O2/c1-11(2)20-10-13-4-6-15(7-5-13)18-16(19)12(3)14-8-17-9-14/h4-7,11-12,14,17H,8-10H2,1-3H3,(H,18,19). The van der Waals surface area contributed by atoms with Crippen LogP contribution in [0.25, 0.3) is 0 Å². The predicted octanol–water partition coefficient (Wildman–Crippen LogP) is 2.41. The highest BCUT2D eigenvalue weighted by atomic mass is 16.5. The Bertz CT molecular complexity index is 438. The zero-order valence-corrected chi connectivity index (χ0v) is 12.5. The average Bonchev–Trinajstić information content (AvgIpc) is 2.35. The lowest BCUT2D eigenvalue weighted by molar-refractivity contribution is -0.121. The predicted molar refractivity (Wildman–Crippen MR) is 80.5 cm³/mol. The molecule has 1 aromatic rings. The number of benzene rings is 1. The van der Waals surface area contributed by atoms with Crippen LogP contribution < -0.4 is 10.6 Å². The van der Waals surface area contributed by atoms with Crippen molar-refractivity contribution in [3.63, 3.8) is 0 Å². The monoisotopic (exact) mass is 276 g/mol. The van der Waals surface area contributed by atoms with Gasteiger partial charge in [-0.2, -0.15) is 0 Å². The van der Waals surface area contributed by atoms with Crippen LogP contribution in [-0.2, 0) is 16.1 Å². The second-order valence-electron chi connectivity index (χ2n) is 5.75. The van der Waals surface area contributed by atoms with Crippen LogP contribution in [0.15, 0.2) is 24.3 Å². The summed E-state index contributed by atoms with van der Waals surface area (Å²) in [4.78, 5) is 12.1. The molecule has 1 fully saturated rings. The summed E-state index contributed by atoms with van der Waals surface area (Å²) in [5.41, 5.74) is 1.97. The molecule has 1 atom stereocenters. The molecule has 110 valence electrons. The van der Waals surface area contributed by atoms with E-state index in [0.717, 1.165) is 24.3 Å². The van der Waals surface area contributed by atoms with Crippen molar-refractivity contribution in [3.8, 4) is 0 Å². The maximum Gasteiger partial charge on any atom is 0.227 e. The lowest BCUT2D eigenvalue weighted by Gasteiger charge is -2.31. The first-order valence-corrected chi connectivity index (χ1v) is 7.28. The van der Waals surface area contributed by atoms with Crippen molar-refractivity contribution in [1.29, 1.82) is 0 Å². The van der Waals surface area contributed by atoms with Gasteiger partial charge in [0.1, 0.15) is 0 Å². The summed E-state index contributed by atoms with van der Waals surface area (Å²) >= 11 is 0. The zero-order chi connectivity index (χ0) is 14.5. The number of ether oxygens (including phenoxy) is 1. The van der Waals surface area contributed by atoms with Crippen molar-refractivity contribution in [2.24, 2.45) is 11.8 Å². The van der Waals surface area contributed by atoms with Gasteiger partial charge in [-0.15, -0.1) is 0 Å². The molecule has 0 bridgehead atoms. The van der Waals surface area contributed by atoms with E-state index in [-0.39, 0.29) is 17.9 Å². The summed E-state index contributed by atoms with van der Waals surface area (Å²) in [7, 11) is 0. The zero-order valence-electron chi connectivity index (χ0n) is 12.5. The van der Waals surface area contributed by atoms with Gasteiger partial charge in [0.05, 0.1) is 12.7 Å². The topological polar surface area (TPSA) is 50.4 Å². The van der Waals surface area contributed by atoms with Gasteiger partial charge in [-0.1, -0.05) is 19.1 Å². The average molecular weight is 276 g/mol. The van der Waals surface area contributed by atoms with Gasteiger partial charge in [-0.3, -0.25) is 4.79 Å². The summed E-state index contributed by atoms with van der Waals surface area (Å²) < 4.78 is 5.55. The fourth-order valence-corrected chi connectivity index (χ4v) is 2.08.